The van der Waals surface area contributed by atoms with Crippen LogP contribution in [-0.4, -0.2) is 6.98 Å². The molecule has 0 radical (unpaired) electrons. The molecule has 1 rings (SSSR count). The maximum atomic E-state index is 12.3. The largest absolute Gasteiger partial charge is 0.502 e. The average molecular weight is 189 g/mol. The monoisotopic (exact) mass is 189 g/mol. The van der Waals surface area contributed by atoms with Crippen molar-refractivity contribution in [1.29, 1.82) is 0 Å². The molecule has 13 heavy (non-hydrogen) atoms. The van der Waals surface area contributed by atoms with Crippen molar-refractivity contribution < 1.29 is 17.3 Å². The summed E-state index contributed by atoms with van der Waals surface area (Å²) in [7, 11) is 0. The van der Waals surface area contributed by atoms with Crippen LogP contribution in [0.25, 0.3) is 6.08 Å². The maximum absolute atomic E-state index is 12.3. The first-order valence-electron chi connectivity index (χ1n) is 3.62. The van der Waals surface area contributed by atoms with Gasteiger partial charge in [0.2, 0.25) is 0 Å². The topological polar surface area (TPSA) is 0 Å². The van der Waals surface area contributed by atoms with Crippen molar-refractivity contribution in [3.63, 3.8) is 0 Å². The molecule has 0 N–H and O–H groups in total. The minimum absolute atomic E-state index is 0.174. The molecule has 1 aromatic rings. The zero-order valence-corrected chi connectivity index (χ0v) is 6.55. The standard InChI is InChI=1S/C8H6BF4/c10-8-3-1-7(2-4-8)5-6-9(11,12)13/h1-6H/q-1/b6-5+. The number of hydrogen-bond acceptors (Lipinski definition) is 0. The number of hydrogen-bond donors (Lipinski definition) is 0. The molecule has 0 aliphatic heterocycles. The van der Waals surface area contributed by atoms with E-state index in [0.717, 1.165) is 18.2 Å². The minimum Gasteiger partial charge on any atom is -0.445 e. The van der Waals surface area contributed by atoms with Crippen molar-refractivity contribution in [2.24, 2.45) is 0 Å². The van der Waals surface area contributed by atoms with Gasteiger partial charge in [0.05, 0.1) is 0 Å². The van der Waals surface area contributed by atoms with Gasteiger partial charge >= 0.3 is 6.98 Å². The van der Waals surface area contributed by atoms with Gasteiger partial charge in [-0.2, -0.15) is 0 Å². The molecule has 1 aromatic carbocycles. The predicted molar refractivity (Wildman–Crippen MR) is 44.5 cm³/mol. The van der Waals surface area contributed by atoms with Crippen molar-refractivity contribution in [1.82, 2.24) is 0 Å². The summed E-state index contributed by atoms with van der Waals surface area (Å²) in [6.45, 7) is -4.91. The lowest BCUT2D eigenvalue weighted by Gasteiger charge is -2.05. The van der Waals surface area contributed by atoms with Crippen molar-refractivity contribution in [2.75, 3.05) is 0 Å². The number of halogens is 4. The summed E-state index contributed by atoms with van der Waals surface area (Å²) in [5.74, 6) is -0.289. The molecule has 0 aliphatic rings. The Hall–Kier alpha value is -1.26. The SMILES string of the molecule is Fc1ccc(/C=C/[B-](F)(F)F)cc1. The number of rotatable bonds is 2. The van der Waals surface area contributed by atoms with E-state index < -0.39 is 12.8 Å². The summed E-state index contributed by atoms with van der Waals surface area (Å²) >= 11 is 0. The predicted octanol–water partition coefficient (Wildman–Crippen LogP) is 3.23. The highest BCUT2D eigenvalue weighted by atomic mass is 19.4. The van der Waals surface area contributed by atoms with E-state index in [1.54, 1.807) is 0 Å². The fraction of sp³-hybridized carbons (Fsp3) is 0. The number of benzene rings is 1. The van der Waals surface area contributed by atoms with Crippen LogP contribution < -0.4 is 0 Å². The van der Waals surface area contributed by atoms with E-state index in [9.17, 15) is 17.3 Å². The molecule has 0 aliphatic carbocycles. The summed E-state index contributed by atoms with van der Waals surface area (Å²) in [4.78, 5) is 0. The van der Waals surface area contributed by atoms with E-state index in [1.165, 1.54) is 12.1 Å². The summed E-state index contributed by atoms with van der Waals surface area (Å²) in [6, 6.07) is 4.80. The Labute approximate surface area is 72.9 Å². The molecule has 0 bridgehead atoms. The Morgan fingerprint density at radius 3 is 2.00 bits per heavy atom. The Morgan fingerprint density at radius 1 is 1.00 bits per heavy atom. The van der Waals surface area contributed by atoms with Gasteiger partial charge in [0.1, 0.15) is 5.82 Å². The molecule has 0 aromatic heterocycles. The second-order valence-corrected chi connectivity index (χ2v) is 2.54. The van der Waals surface area contributed by atoms with E-state index in [0.29, 0.717) is 5.56 Å². The molecular weight excluding hydrogens is 183 g/mol. The first-order valence-corrected chi connectivity index (χ1v) is 3.62. The van der Waals surface area contributed by atoms with Gasteiger partial charge in [-0.05, 0) is 17.7 Å². The van der Waals surface area contributed by atoms with E-state index in [1.807, 2.05) is 0 Å². The van der Waals surface area contributed by atoms with Gasteiger partial charge in [0, 0.05) is 0 Å². The zero-order chi connectivity index (χ0) is 9.90. The zero-order valence-electron chi connectivity index (χ0n) is 6.55. The minimum atomic E-state index is -4.91. The van der Waals surface area contributed by atoms with Gasteiger partial charge in [0.15, 0.2) is 0 Å². The van der Waals surface area contributed by atoms with Gasteiger partial charge in [-0.3, -0.25) is 0 Å². The van der Waals surface area contributed by atoms with Gasteiger partial charge in [-0.25, -0.2) is 4.39 Å². The van der Waals surface area contributed by atoms with E-state index in [4.69, 9.17) is 0 Å². The molecule has 0 spiro atoms. The molecule has 5 heteroatoms. The molecular formula is C8H6BF4-. The maximum Gasteiger partial charge on any atom is 0.502 e. The highest BCUT2D eigenvalue weighted by Gasteiger charge is 2.16. The van der Waals surface area contributed by atoms with Crippen molar-refractivity contribution in [3.05, 3.63) is 41.6 Å². The fourth-order valence-electron chi connectivity index (χ4n) is 0.794. The summed E-state index contributed by atoms with van der Waals surface area (Å²) < 4.78 is 47.5. The van der Waals surface area contributed by atoms with E-state index in [-0.39, 0.29) is 5.98 Å². The second-order valence-electron chi connectivity index (χ2n) is 2.54. The Morgan fingerprint density at radius 2 is 1.54 bits per heavy atom. The average Bonchev–Trinajstić information content (AvgIpc) is 2.02. The Bertz CT molecular complexity index is 299. The van der Waals surface area contributed by atoms with Crippen LogP contribution in [0, 0.1) is 5.82 Å². The fourth-order valence-corrected chi connectivity index (χ4v) is 0.794. The van der Waals surface area contributed by atoms with Crippen LogP contribution in [0.15, 0.2) is 30.2 Å². The first kappa shape index (κ1) is 9.83. The summed E-state index contributed by atoms with van der Waals surface area (Å²) in [6.07, 6.45) is 0.916. The summed E-state index contributed by atoms with van der Waals surface area (Å²) in [5, 5.41) is 0. The van der Waals surface area contributed by atoms with Crippen LogP contribution in [-0.2, 0) is 0 Å². The van der Waals surface area contributed by atoms with E-state index in [2.05, 4.69) is 0 Å². The lowest BCUT2D eigenvalue weighted by molar-refractivity contribution is 0.499. The molecule has 0 nitrogen and oxygen atoms in total. The van der Waals surface area contributed by atoms with Gasteiger partial charge in [-0.15, -0.1) is 5.98 Å². The second kappa shape index (κ2) is 3.64. The highest BCUT2D eigenvalue weighted by molar-refractivity contribution is 6.64. The van der Waals surface area contributed by atoms with Crippen molar-refractivity contribution in [3.8, 4) is 0 Å². The van der Waals surface area contributed by atoms with Crippen LogP contribution >= 0.6 is 0 Å². The third-order valence-corrected chi connectivity index (χ3v) is 1.38. The van der Waals surface area contributed by atoms with Crippen LogP contribution in [0.2, 0.25) is 0 Å². The molecule has 0 heterocycles. The van der Waals surface area contributed by atoms with Crippen molar-refractivity contribution in [2.45, 2.75) is 0 Å². The third kappa shape index (κ3) is 3.78. The third-order valence-electron chi connectivity index (χ3n) is 1.38. The molecule has 0 fully saturated rings. The van der Waals surface area contributed by atoms with Gasteiger partial charge < -0.3 is 12.9 Å². The normalized spacial score (nSPS) is 12.3. The molecule has 0 amide bonds. The molecule has 70 valence electrons. The Balaban J connectivity index is 2.75. The molecule has 0 saturated carbocycles. The quantitative estimate of drug-likeness (QED) is 0.494. The van der Waals surface area contributed by atoms with Crippen LogP contribution in [0.3, 0.4) is 0 Å². The molecule has 0 saturated heterocycles. The summed E-state index contributed by atoms with van der Waals surface area (Å²) in [5.41, 5.74) is 0.334. The van der Waals surface area contributed by atoms with Gasteiger partial charge in [-0.1, -0.05) is 18.2 Å². The van der Waals surface area contributed by atoms with Gasteiger partial charge in [0.25, 0.3) is 0 Å². The van der Waals surface area contributed by atoms with Crippen LogP contribution in [0.5, 0.6) is 0 Å². The Kier molecular flexibility index (Phi) is 2.75. The molecule has 0 atom stereocenters. The smallest absolute Gasteiger partial charge is 0.445 e. The van der Waals surface area contributed by atoms with Crippen molar-refractivity contribution >= 4 is 13.1 Å². The van der Waals surface area contributed by atoms with Crippen LogP contribution in [0.1, 0.15) is 5.56 Å². The highest BCUT2D eigenvalue weighted by Crippen LogP contribution is 2.13. The van der Waals surface area contributed by atoms with Crippen LogP contribution in [0.4, 0.5) is 17.3 Å². The molecule has 0 unspecified atom stereocenters. The first-order chi connectivity index (χ1) is 5.97. The van der Waals surface area contributed by atoms with E-state index >= 15 is 0 Å². The lowest BCUT2D eigenvalue weighted by atomic mass is 9.91. The lowest BCUT2D eigenvalue weighted by Crippen LogP contribution is -2.09.